The molecule has 0 aliphatic heterocycles. The monoisotopic (exact) mass is 283 g/mol. The smallest absolute Gasteiger partial charge is 0.155 e. The van der Waals surface area contributed by atoms with Crippen molar-refractivity contribution in [3.63, 3.8) is 0 Å². The van der Waals surface area contributed by atoms with Crippen LogP contribution in [0, 0.1) is 0 Å². The van der Waals surface area contributed by atoms with E-state index in [-0.39, 0.29) is 6.04 Å². The minimum atomic E-state index is 0.169. The van der Waals surface area contributed by atoms with Gasteiger partial charge in [0.05, 0.1) is 5.69 Å². The highest BCUT2D eigenvalue weighted by molar-refractivity contribution is 5.87. The van der Waals surface area contributed by atoms with Gasteiger partial charge in [-0.05, 0) is 49.6 Å². The summed E-state index contributed by atoms with van der Waals surface area (Å²) in [7, 11) is 0. The minimum Gasteiger partial charge on any atom is -0.322 e. The minimum absolute atomic E-state index is 0.169. The Morgan fingerprint density at radius 2 is 1.90 bits per heavy atom. The number of anilines is 2. The molecular formula is C17H21N3O. The maximum absolute atomic E-state index is 11.4. The second-order valence-electron chi connectivity index (χ2n) is 5.64. The van der Waals surface area contributed by atoms with Gasteiger partial charge in [-0.15, -0.1) is 5.10 Å². The van der Waals surface area contributed by atoms with Crippen LogP contribution in [0.2, 0.25) is 0 Å². The molecule has 0 amide bonds. The van der Waals surface area contributed by atoms with Crippen LogP contribution in [0.5, 0.6) is 0 Å². The molecule has 1 heterocycles. The molecule has 1 aromatic carbocycles. The Morgan fingerprint density at radius 1 is 1.14 bits per heavy atom. The molecule has 4 heteroatoms. The van der Waals surface area contributed by atoms with Gasteiger partial charge in [-0.25, -0.2) is 0 Å². The predicted molar refractivity (Wildman–Crippen MR) is 85.2 cm³/mol. The van der Waals surface area contributed by atoms with Crippen LogP contribution in [0.1, 0.15) is 49.5 Å². The highest BCUT2D eigenvalue weighted by atomic mass is 16.1. The zero-order valence-corrected chi connectivity index (χ0v) is 12.9. The summed E-state index contributed by atoms with van der Waals surface area (Å²) in [5.41, 5.74) is 2.75. The predicted octanol–water partition coefficient (Wildman–Crippen LogP) is 3.96. The highest BCUT2D eigenvalue weighted by Gasteiger charge is 2.19. The van der Waals surface area contributed by atoms with E-state index in [1.54, 1.807) is 6.20 Å². The molecule has 0 atom stereocenters. The summed E-state index contributed by atoms with van der Waals surface area (Å²) in [6.45, 7) is 8.43. The fraction of sp³-hybridized carbons (Fsp3) is 0.353. The van der Waals surface area contributed by atoms with Crippen molar-refractivity contribution in [2.24, 2.45) is 0 Å². The molecule has 0 aliphatic carbocycles. The molecule has 0 saturated heterocycles. The van der Waals surface area contributed by atoms with Gasteiger partial charge in [0.1, 0.15) is 0 Å². The van der Waals surface area contributed by atoms with E-state index in [1.165, 1.54) is 5.56 Å². The number of carbonyl (C=O) groups is 1. The van der Waals surface area contributed by atoms with Gasteiger partial charge < -0.3 is 4.90 Å². The molecule has 4 nitrogen and oxygen atoms in total. The second kappa shape index (κ2) is 6.48. The average molecular weight is 283 g/mol. The number of aldehydes is 1. The third-order valence-corrected chi connectivity index (χ3v) is 3.43. The normalized spacial score (nSPS) is 11.0. The van der Waals surface area contributed by atoms with E-state index in [1.807, 2.05) is 29.2 Å². The summed E-state index contributed by atoms with van der Waals surface area (Å²) in [4.78, 5) is 13.4. The lowest BCUT2D eigenvalue weighted by atomic mass is 9.99. The van der Waals surface area contributed by atoms with Crippen molar-refractivity contribution in [2.75, 3.05) is 4.90 Å². The molecule has 0 radical (unpaired) electrons. The number of hydrogen-bond acceptors (Lipinski definition) is 4. The molecule has 2 aromatic rings. The van der Waals surface area contributed by atoms with Crippen molar-refractivity contribution < 1.29 is 4.79 Å². The molecule has 0 bridgehead atoms. The molecule has 0 unspecified atom stereocenters. The fourth-order valence-corrected chi connectivity index (χ4v) is 2.32. The SMILES string of the molecule is CC(C)c1ccc(C=O)c(N(c2cccnn2)C(C)C)c1. The molecule has 0 fully saturated rings. The molecular weight excluding hydrogens is 262 g/mol. The van der Waals surface area contributed by atoms with E-state index in [9.17, 15) is 4.79 Å². The first kappa shape index (κ1) is 15.2. The van der Waals surface area contributed by atoms with Gasteiger partial charge in [0.15, 0.2) is 12.1 Å². The summed E-state index contributed by atoms with van der Waals surface area (Å²) in [6, 6.07) is 9.89. The van der Waals surface area contributed by atoms with Gasteiger partial charge in [-0.1, -0.05) is 19.9 Å². The van der Waals surface area contributed by atoms with Crippen molar-refractivity contribution in [2.45, 2.75) is 39.7 Å². The second-order valence-corrected chi connectivity index (χ2v) is 5.64. The van der Waals surface area contributed by atoms with Crippen LogP contribution in [0.4, 0.5) is 11.5 Å². The Morgan fingerprint density at radius 3 is 2.43 bits per heavy atom. The van der Waals surface area contributed by atoms with Crippen molar-refractivity contribution in [3.8, 4) is 0 Å². The van der Waals surface area contributed by atoms with E-state index in [2.05, 4.69) is 44.0 Å². The molecule has 1 aromatic heterocycles. The van der Waals surface area contributed by atoms with Gasteiger partial charge >= 0.3 is 0 Å². The Hall–Kier alpha value is -2.23. The first-order valence-corrected chi connectivity index (χ1v) is 7.20. The van der Waals surface area contributed by atoms with Crippen LogP contribution in [0.3, 0.4) is 0 Å². The topological polar surface area (TPSA) is 46.1 Å². The summed E-state index contributed by atoms with van der Waals surface area (Å²) in [6.07, 6.45) is 2.54. The third-order valence-electron chi connectivity index (χ3n) is 3.43. The Bertz CT molecular complexity index is 609. The Labute approximate surface area is 125 Å². The lowest BCUT2D eigenvalue weighted by Crippen LogP contribution is -2.27. The van der Waals surface area contributed by atoms with Gasteiger partial charge in [0, 0.05) is 17.8 Å². The standard InChI is InChI=1S/C17H21N3O/c1-12(2)14-7-8-15(11-21)16(10-14)20(13(3)4)17-6-5-9-18-19-17/h5-13H,1-4H3. The first-order valence-electron chi connectivity index (χ1n) is 7.20. The van der Waals surface area contributed by atoms with Gasteiger partial charge in [0.25, 0.3) is 0 Å². The number of nitrogens with zero attached hydrogens (tertiary/aromatic N) is 3. The number of benzene rings is 1. The average Bonchev–Trinajstić information content (AvgIpc) is 2.48. The third kappa shape index (κ3) is 3.27. The fourth-order valence-electron chi connectivity index (χ4n) is 2.32. The molecule has 0 N–H and O–H groups in total. The van der Waals surface area contributed by atoms with Crippen LogP contribution < -0.4 is 4.90 Å². The highest BCUT2D eigenvalue weighted by Crippen LogP contribution is 2.31. The Balaban J connectivity index is 2.59. The van der Waals surface area contributed by atoms with E-state index in [0.717, 1.165) is 17.8 Å². The maximum Gasteiger partial charge on any atom is 0.155 e. The van der Waals surface area contributed by atoms with Crippen LogP contribution in [-0.2, 0) is 0 Å². The number of carbonyl (C=O) groups excluding carboxylic acids is 1. The van der Waals surface area contributed by atoms with Crippen molar-refractivity contribution >= 4 is 17.8 Å². The zero-order valence-electron chi connectivity index (χ0n) is 12.9. The van der Waals surface area contributed by atoms with E-state index in [0.29, 0.717) is 11.5 Å². The van der Waals surface area contributed by atoms with Crippen LogP contribution >= 0.6 is 0 Å². The van der Waals surface area contributed by atoms with E-state index >= 15 is 0 Å². The molecule has 110 valence electrons. The number of aromatic nitrogens is 2. The number of hydrogen-bond donors (Lipinski definition) is 0. The van der Waals surface area contributed by atoms with Crippen molar-refractivity contribution in [3.05, 3.63) is 47.7 Å². The van der Waals surface area contributed by atoms with E-state index in [4.69, 9.17) is 0 Å². The Kier molecular flexibility index (Phi) is 4.68. The summed E-state index contributed by atoms with van der Waals surface area (Å²) in [5, 5.41) is 8.13. The van der Waals surface area contributed by atoms with Gasteiger partial charge in [-0.2, -0.15) is 5.10 Å². The summed E-state index contributed by atoms with van der Waals surface area (Å²) < 4.78 is 0. The summed E-state index contributed by atoms with van der Waals surface area (Å²) in [5.74, 6) is 1.15. The zero-order chi connectivity index (χ0) is 15.4. The van der Waals surface area contributed by atoms with E-state index < -0.39 is 0 Å². The molecule has 2 rings (SSSR count). The first-order chi connectivity index (χ1) is 10.0. The number of rotatable bonds is 5. The molecule has 0 aliphatic rings. The summed E-state index contributed by atoms with van der Waals surface area (Å²) >= 11 is 0. The van der Waals surface area contributed by atoms with Gasteiger partial charge in [0.2, 0.25) is 0 Å². The maximum atomic E-state index is 11.4. The van der Waals surface area contributed by atoms with Crippen molar-refractivity contribution in [1.29, 1.82) is 0 Å². The van der Waals surface area contributed by atoms with Gasteiger partial charge in [-0.3, -0.25) is 4.79 Å². The molecule has 21 heavy (non-hydrogen) atoms. The van der Waals surface area contributed by atoms with Crippen LogP contribution in [-0.4, -0.2) is 22.5 Å². The molecule has 0 spiro atoms. The molecule has 0 saturated carbocycles. The van der Waals surface area contributed by atoms with Crippen LogP contribution in [0.25, 0.3) is 0 Å². The quantitative estimate of drug-likeness (QED) is 0.779. The lowest BCUT2D eigenvalue weighted by Gasteiger charge is -2.29. The van der Waals surface area contributed by atoms with Crippen molar-refractivity contribution in [1.82, 2.24) is 10.2 Å². The van der Waals surface area contributed by atoms with Crippen LogP contribution in [0.15, 0.2) is 36.5 Å². The lowest BCUT2D eigenvalue weighted by molar-refractivity contribution is 0.112. The largest absolute Gasteiger partial charge is 0.322 e.